The van der Waals surface area contributed by atoms with E-state index < -0.39 is 47.6 Å². The lowest BCUT2D eigenvalue weighted by atomic mass is 9.83. The van der Waals surface area contributed by atoms with E-state index >= 15 is 0 Å². The van der Waals surface area contributed by atoms with E-state index in [1.807, 2.05) is 90.3 Å². The molecule has 5 fully saturated rings. The third-order valence-corrected chi connectivity index (χ3v) is 18.0. The number of nitrogens with zero attached hydrogens (tertiary/aromatic N) is 2. The van der Waals surface area contributed by atoms with Crippen LogP contribution in [0.2, 0.25) is 0 Å². The summed E-state index contributed by atoms with van der Waals surface area (Å²) in [4.78, 5) is 90.3. The molecule has 16 nitrogen and oxygen atoms in total. The fraction of sp³-hybridized carbons (Fsp3) is 0.600. The molecular weight excluding hydrogens is 965 g/mol. The molecule has 5 aliphatic rings. The number of benzene rings is 2. The number of nitrogens with one attached hydrogen (secondary N) is 8. The second-order valence-corrected chi connectivity index (χ2v) is 23.3. The number of carbonyl (C=O) groups excluding carboxylic acids is 6. The molecule has 70 heavy (non-hydrogen) atoms. The van der Waals surface area contributed by atoms with Gasteiger partial charge in [-0.1, -0.05) is 98.9 Å². The van der Waals surface area contributed by atoms with E-state index in [2.05, 4.69) is 42.5 Å². The van der Waals surface area contributed by atoms with Crippen LogP contribution in [0.4, 0.5) is 0 Å². The second-order valence-electron chi connectivity index (χ2n) is 19.8. The number of hydrogen-bond donors (Lipinski definition) is 8. The zero-order valence-electron chi connectivity index (χ0n) is 41.0. The molecular formula is C50H70N10O6S4. The summed E-state index contributed by atoms with van der Waals surface area (Å²) in [7, 11) is 3.62. The van der Waals surface area contributed by atoms with Crippen LogP contribution in [0.15, 0.2) is 60.7 Å². The summed E-state index contributed by atoms with van der Waals surface area (Å²) in [6.07, 6.45) is 5.20. The molecule has 2 aromatic rings. The number of thiocarbonyl (C=S) groups is 2. The van der Waals surface area contributed by atoms with Gasteiger partial charge in [0.05, 0.1) is 32.8 Å². The molecule has 0 aromatic heterocycles. The summed E-state index contributed by atoms with van der Waals surface area (Å²) in [5.41, 5.74) is 0.660. The van der Waals surface area contributed by atoms with Crippen molar-refractivity contribution in [2.24, 2.45) is 5.41 Å². The summed E-state index contributed by atoms with van der Waals surface area (Å²) < 4.78 is 0. The minimum absolute atomic E-state index is 0.120. The number of amides is 6. The Hall–Kier alpha value is -4.34. The van der Waals surface area contributed by atoms with Crippen molar-refractivity contribution in [1.82, 2.24) is 52.3 Å². The van der Waals surface area contributed by atoms with Crippen molar-refractivity contribution in [3.8, 4) is 0 Å². The van der Waals surface area contributed by atoms with Crippen molar-refractivity contribution in [3.63, 3.8) is 0 Å². The van der Waals surface area contributed by atoms with Crippen LogP contribution in [0.5, 0.6) is 0 Å². The maximum atomic E-state index is 14.6. The number of rotatable bonds is 16. The van der Waals surface area contributed by atoms with Crippen LogP contribution in [0.1, 0.15) is 109 Å². The molecule has 7 rings (SSSR count). The van der Waals surface area contributed by atoms with E-state index in [-0.39, 0.29) is 64.5 Å². The van der Waals surface area contributed by atoms with Gasteiger partial charge in [-0.25, -0.2) is 0 Å². The predicted octanol–water partition coefficient (Wildman–Crippen LogP) is 3.58. The Morgan fingerprint density at radius 1 is 0.600 bits per heavy atom. The normalized spacial score (nSPS) is 28.0. The fourth-order valence-electron chi connectivity index (χ4n) is 10.3. The lowest BCUT2D eigenvalue weighted by molar-refractivity contribution is -0.143. The summed E-state index contributed by atoms with van der Waals surface area (Å²) in [6, 6.07) is 12.8. The Balaban J connectivity index is 0.982. The van der Waals surface area contributed by atoms with Crippen molar-refractivity contribution < 1.29 is 28.8 Å². The predicted molar refractivity (Wildman–Crippen MR) is 284 cm³/mol. The highest BCUT2D eigenvalue weighted by Gasteiger charge is 2.55. The highest BCUT2D eigenvalue weighted by Crippen LogP contribution is 2.46. The molecule has 8 N–H and O–H groups in total. The summed E-state index contributed by atoms with van der Waals surface area (Å²) >= 11 is 14.5. The molecule has 0 radical (unpaired) electrons. The first-order valence-electron chi connectivity index (χ1n) is 24.7. The maximum absolute atomic E-state index is 14.6. The molecule has 0 spiro atoms. The molecule has 0 bridgehead atoms. The maximum Gasteiger partial charge on any atom is 0.247 e. The molecule has 4 heterocycles. The first-order chi connectivity index (χ1) is 33.5. The van der Waals surface area contributed by atoms with E-state index in [1.54, 1.807) is 45.5 Å². The molecule has 380 valence electrons. The van der Waals surface area contributed by atoms with Crippen LogP contribution >= 0.6 is 48.0 Å². The summed E-state index contributed by atoms with van der Waals surface area (Å²) in [5.74, 6) is -0.358. The van der Waals surface area contributed by atoms with Gasteiger partial charge in [-0.05, 0) is 114 Å². The van der Waals surface area contributed by atoms with E-state index in [9.17, 15) is 28.8 Å². The molecule has 1 aliphatic carbocycles. The van der Waals surface area contributed by atoms with Gasteiger partial charge in [-0.3, -0.25) is 28.8 Å². The van der Waals surface area contributed by atoms with Crippen LogP contribution in [0, 0.1) is 5.41 Å². The Morgan fingerprint density at radius 2 is 1.04 bits per heavy atom. The molecule has 20 heteroatoms. The standard InChI is InChI=1S/C50H70N10O6S4/c1-28(51-5)46(67)55-34-23-25-69-37-22-21-36(59(37)48(34)65)42(61)57-39(30-13-9-7-10-14-30)43(62)53-32-17-19-33(20-18-32)54-44(63)40(31-15-11-8-12-16-31)58-45(64)41-50(3,4)27-38-60(41)49(66)35(24-26-70-38)56-47(68)29(2)52-6/h7-16,28-29,32-41,51-52H,17-27H2,1-6H3,(H,53,62)(H,54,63)(H,55,67)(H,56,68)(H,57,61)(H,58,64)/t28-,29-,32?,33?,34-,35+,36-,37-,38-,39+,40-,41+/m0/s1. The Kier molecular flexibility index (Phi) is 18.3. The highest BCUT2D eigenvalue weighted by molar-refractivity contribution is 8.00. The number of hydrogen-bond acceptors (Lipinski definition) is 12. The second kappa shape index (κ2) is 23.9. The Morgan fingerprint density at radius 3 is 1.51 bits per heavy atom. The van der Waals surface area contributed by atoms with E-state index in [4.69, 9.17) is 24.4 Å². The summed E-state index contributed by atoms with van der Waals surface area (Å²) in [6.45, 7) is 7.85. The number of likely N-dealkylation sites (N-methyl/N-ethyl adjacent to an activating group) is 2. The van der Waals surface area contributed by atoms with Crippen molar-refractivity contribution in [1.29, 1.82) is 0 Å². The van der Waals surface area contributed by atoms with E-state index in [0.29, 0.717) is 78.9 Å². The molecule has 10 atom stereocenters. The largest absolute Gasteiger partial charge is 0.367 e. The number of fused-ring (bicyclic) bond motifs is 2. The topological polar surface area (TPSA) is 205 Å². The van der Waals surface area contributed by atoms with Gasteiger partial charge in [0.1, 0.15) is 36.3 Å². The molecule has 4 aliphatic heterocycles. The van der Waals surface area contributed by atoms with Crippen molar-refractivity contribution in [2.45, 2.75) is 157 Å². The molecule has 6 amide bonds. The minimum Gasteiger partial charge on any atom is -0.367 e. The molecule has 4 saturated heterocycles. The summed E-state index contributed by atoms with van der Waals surface area (Å²) in [5, 5.41) is 24.9. The first kappa shape index (κ1) is 53.5. The van der Waals surface area contributed by atoms with Crippen LogP contribution in [-0.4, -0.2) is 140 Å². The van der Waals surface area contributed by atoms with Crippen LogP contribution < -0.4 is 42.5 Å². The molecule has 2 aromatic carbocycles. The van der Waals surface area contributed by atoms with Gasteiger partial charge < -0.3 is 52.3 Å². The van der Waals surface area contributed by atoms with E-state index in [1.165, 1.54) is 0 Å². The highest BCUT2D eigenvalue weighted by atomic mass is 32.2. The molecule has 0 unspecified atom stereocenters. The third-order valence-electron chi connectivity index (χ3n) is 14.5. The van der Waals surface area contributed by atoms with Gasteiger partial charge in [0, 0.05) is 12.1 Å². The lowest BCUT2D eigenvalue weighted by Gasteiger charge is -2.35. The van der Waals surface area contributed by atoms with Gasteiger partial charge in [0.25, 0.3) is 0 Å². The van der Waals surface area contributed by atoms with Gasteiger partial charge in [0.15, 0.2) is 0 Å². The van der Waals surface area contributed by atoms with Gasteiger partial charge >= 0.3 is 0 Å². The van der Waals surface area contributed by atoms with Crippen LogP contribution in [-0.2, 0) is 28.8 Å². The fourth-order valence-corrected chi connectivity index (χ4v) is 13.7. The van der Waals surface area contributed by atoms with Gasteiger partial charge in [0.2, 0.25) is 35.4 Å². The van der Waals surface area contributed by atoms with Crippen LogP contribution in [0.3, 0.4) is 0 Å². The van der Waals surface area contributed by atoms with Crippen LogP contribution in [0.25, 0.3) is 0 Å². The molecule has 1 saturated carbocycles. The Bertz CT molecular complexity index is 2240. The lowest BCUT2D eigenvalue weighted by Crippen LogP contribution is -2.58. The Labute approximate surface area is 431 Å². The van der Waals surface area contributed by atoms with Gasteiger partial charge in [-0.15, -0.1) is 23.5 Å². The average Bonchev–Trinajstić information content (AvgIpc) is 3.81. The number of carbonyl (C=O) groups is 6. The van der Waals surface area contributed by atoms with Crippen molar-refractivity contribution >= 4 is 93.4 Å². The van der Waals surface area contributed by atoms with Gasteiger partial charge in [-0.2, -0.15) is 0 Å². The quantitative estimate of drug-likeness (QED) is 0.113. The van der Waals surface area contributed by atoms with Crippen molar-refractivity contribution in [2.75, 3.05) is 25.6 Å². The average molecular weight is 1040 g/mol. The number of thioether (sulfide) groups is 2. The zero-order valence-corrected chi connectivity index (χ0v) is 44.2. The smallest absolute Gasteiger partial charge is 0.247 e. The van der Waals surface area contributed by atoms with Crippen molar-refractivity contribution in [3.05, 3.63) is 71.8 Å². The first-order valence-corrected chi connectivity index (χ1v) is 27.6. The third kappa shape index (κ3) is 12.5. The van der Waals surface area contributed by atoms with E-state index in [0.717, 1.165) is 11.5 Å². The zero-order chi connectivity index (χ0) is 50.3. The monoisotopic (exact) mass is 1030 g/mol. The SMILES string of the molecule is CN[C@@H](C)C(=S)N[C@H]1CCS[C@H]2CC[C@@H](C(=O)N[C@@H](C(=O)NC3CCC(NC(=O)[C@@H](NC(=O)[C@H]4N5C(=O)[C@H](NC(=S)[C@H](C)NC)CCS[C@H]5CC4(C)C)c4ccccc4)CC3)c3ccccc3)N2C1=O. The minimum atomic E-state index is -1.02.